The Labute approximate surface area is 164 Å². The van der Waals surface area contributed by atoms with E-state index >= 15 is 0 Å². The molecule has 26 heavy (non-hydrogen) atoms. The van der Waals surface area contributed by atoms with E-state index in [2.05, 4.69) is 42.9 Å². The van der Waals surface area contributed by atoms with Crippen molar-refractivity contribution in [2.45, 2.75) is 50.8 Å². The van der Waals surface area contributed by atoms with Crippen molar-refractivity contribution in [2.75, 3.05) is 0 Å². The lowest BCUT2D eigenvalue weighted by atomic mass is 10.1. The molecule has 2 rings (SSSR count). The third-order valence-corrected chi connectivity index (χ3v) is 5.13. The number of rotatable bonds is 5. The van der Waals surface area contributed by atoms with Gasteiger partial charge in [0.1, 0.15) is 11.5 Å². The maximum absolute atomic E-state index is 10.1. The van der Waals surface area contributed by atoms with Crippen molar-refractivity contribution >= 4 is 27.3 Å². The summed E-state index contributed by atoms with van der Waals surface area (Å²) in [5, 5.41) is 10.1. The second-order valence-electron chi connectivity index (χ2n) is 6.08. The van der Waals surface area contributed by atoms with Gasteiger partial charge in [0.15, 0.2) is 0 Å². The predicted octanol–water partition coefficient (Wildman–Crippen LogP) is 7.25. The van der Waals surface area contributed by atoms with Crippen LogP contribution in [0.15, 0.2) is 52.8 Å². The SMILES string of the molecule is C=C/C=C\c1cc(Sc2cc(C)c(OP)cc2C)c(C)cc1O.CCC. The number of phenols is 1. The van der Waals surface area contributed by atoms with E-state index in [1.165, 1.54) is 11.3 Å². The minimum Gasteiger partial charge on any atom is -0.507 e. The van der Waals surface area contributed by atoms with Gasteiger partial charge in [-0.05, 0) is 61.7 Å². The minimum absolute atomic E-state index is 0.282. The number of phenolic OH excluding ortho intramolecular Hbond substituents is 1. The molecule has 0 fully saturated rings. The van der Waals surface area contributed by atoms with Crippen LogP contribution in [0.5, 0.6) is 11.5 Å². The van der Waals surface area contributed by atoms with Gasteiger partial charge in [0, 0.05) is 15.4 Å². The van der Waals surface area contributed by atoms with Gasteiger partial charge in [0.05, 0.1) is 9.47 Å². The van der Waals surface area contributed by atoms with E-state index in [1.54, 1.807) is 23.9 Å². The zero-order chi connectivity index (χ0) is 19.7. The largest absolute Gasteiger partial charge is 0.507 e. The smallest absolute Gasteiger partial charge is 0.125 e. The molecule has 0 aliphatic rings. The van der Waals surface area contributed by atoms with Crippen LogP contribution in [0.25, 0.3) is 6.08 Å². The van der Waals surface area contributed by atoms with Crippen molar-refractivity contribution in [3.05, 3.63) is 65.3 Å². The first kappa shape index (κ1) is 22.3. The zero-order valence-corrected chi connectivity index (χ0v) is 18.3. The maximum Gasteiger partial charge on any atom is 0.125 e. The molecular weight excluding hydrogens is 359 g/mol. The molecule has 0 radical (unpaired) electrons. The summed E-state index contributed by atoms with van der Waals surface area (Å²) in [6.07, 6.45) is 6.62. The molecule has 0 heterocycles. The summed E-state index contributed by atoms with van der Waals surface area (Å²) in [5.41, 5.74) is 4.09. The average Bonchev–Trinajstić information content (AvgIpc) is 2.59. The van der Waals surface area contributed by atoms with E-state index in [4.69, 9.17) is 4.52 Å². The van der Waals surface area contributed by atoms with Crippen molar-refractivity contribution in [1.29, 1.82) is 0 Å². The van der Waals surface area contributed by atoms with Gasteiger partial charge in [-0.1, -0.05) is 56.8 Å². The highest BCUT2D eigenvalue weighted by molar-refractivity contribution is 7.99. The molecule has 4 heteroatoms. The third kappa shape index (κ3) is 6.23. The molecule has 2 aromatic rings. The van der Waals surface area contributed by atoms with Crippen molar-refractivity contribution in [3.8, 4) is 11.5 Å². The standard InChI is InChI=1S/C19H21O2PS.C3H8/c1-5-6-7-15-11-19(13(3)8-16(15)20)23-18-10-12(2)17(21-22)9-14(18)4;1-3-2/h5-11,20H,1,22H2,2-4H3;3H2,1-2H3/b7-6-;. The molecule has 2 nitrogen and oxygen atoms in total. The monoisotopic (exact) mass is 388 g/mol. The van der Waals surface area contributed by atoms with Crippen LogP contribution in [-0.4, -0.2) is 5.11 Å². The van der Waals surface area contributed by atoms with E-state index in [0.717, 1.165) is 32.9 Å². The fourth-order valence-corrected chi connectivity index (χ4v) is 3.57. The molecule has 1 N–H and O–H groups in total. The van der Waals surface area contributed by atoms with Gasteiger partial charge in [-0.25, -0.2) is 0 Å². The summed E-state index contributed by atoms with van der Waals surface area (Å²) in [6, 6.07) is 7.97. The van der Waals surface area contributed by atoms with Crippen LogP contribution in [0, 0.1) is 20.8 Å². The van der Waals surface area contributed by atoms with E-state index in [0.29, 0.717) is 0 Å². The van der Waals surface area contributed by atoms with Crippen LogP contribution in [-0.2, 0) is 0 Å². The fourth-order valence-electron chi connectivity index (χ4n) is 2.22. The molecule has 1 atom stereocenters. The highest BCUT2D eigenvalue weighted by Crippen LogP contribution is 2.38. The van der Waals surface area contributed by atoms with Crippen LogP contribution >= 0.6 is 21.2 Å². The summed E-state index contributed by atoms with van der Waals surface area (Å²) in [5.74, 6) is 1.15. The Kier molecular flexibility index (Phi) is 9.54. The second kappa shape index (κ2) is 11.1. The van der Waals surface area contributed by atoms with Gasteiger partial charge in [0.2, 0.25) is 0 Å². The Morgan fingerprint density at radius 3 is 2.19 bits per heavy atom. The van der Waals surface area contributed by atoms with Crippen LogP contribution in [0.1, 0.15) is 42.5 Å². The number of aromatic hydroxyl groups is 1. The quantitative estimate of drug-likeness (QED) is 0.432. The molecule has 0 amide bonds. The van der Waals surface area contributed by atoms with Crippen LogP contribution in [0.3, 0.4) is 0 Å². The summed E-state index contributed by atoms with van der Waals surface area (Å²) >= 11 is 1.70. The number of hydrogen-bond donors (Lipinski definition) is 1. The average molecular weight is 389 g/mol. The molecule has 0 saturated carbocycles. The van der Waals surface area contributed by atoms with Gasteiger partial charge in [0.25, 0.3) is 0 Å². The lowest BCUT2D eigenvalue weighted by Gasteiger charge is -2.13. The van der Waals surface area contributed by atoms with Gasteiger partial charge in [-0.3, -0.25) is 0 Å². The topological polar surface area (TPSA) is 29.5 Å². The van der Waals surface area contributed by atoms with E-state index in [9.17, 15) is 5.11 Å². The van der Waals surface area contributed by atoms with Crippen LogP contribution in [0.2, 0.25) is 0 Å². The van der Waals surface area contributed by atoms with Gasteiger partial charge >= 0.3 is 0 Å². The van der Waals surface area contributed by atoms with E-state index in [-0.39, 0.29) is 5.75 Å². The Morgan fingerprint density at radius 2 is 1.62 bits per heavy atom. The summed E-state index contributed by atoms with van der Waals surface area (Å²) in [6.45, 7) is 14.0. The second-order valence-corrected chi connectivity index (χ2v) is 7.40. The fraction of sp³-hybridized carbons (Fsp3) is 0.273. The first-order chi connectivity index (χ1) is 12.4. The summed E-state index contributed by atoms with van der Waals surface area (Å²) in [4.78, 5) is 2.30. The first-order valence-corrected chi connectivity index (χ1v) is 9.95. The Balaban J connectivity index is 0.00000105. The highest BCUT2D eigenvalue weighted by Gasteiger charge is 2.10. The van der Waals surface area contributed by atoms with Gasteiger partial charge in [-0.15, -0.1) is 0 Å². The minimum atomic E-state index is 0.282. The molecule has 140 valence electrons. The Bertz CT molecular complexity index is 782. The number of benzene rings is 2. The Morgan fingerprint density at radius 1 is 1.04 bits per heavy atom. The van der Waals surface area contributed by atoms with E-state index in [1.807, 2.05) is 38.1 Å². The number of allylic oxidation sites excluding steroid dienone is 2. The zero-order valence-electron chi connectivity index (χ0n) is 16.3. The van der Waals surface area contributed by atoms with Gasteiger partial charge < -0.3 is 9.63 Å². The maximum atomic E-state index is 10.1. The van der Waals surface area contributed by atoms with Crippen LogP contribution < -0.4 is 4.52 Å². The normalized spacial score (nSPS) is 10.4. The van der Waals surface area contributed by atoms with Crippen LogP contribution in [0.4, 0.5) is 0 Å². The van der Waals surface area contributed by atoms with Crippen molar-refractivity contribution in [1.82, 2.24) is 0 Å². The molecule has 0 aliphatic carbocycles. The lowest BCUT2D eigenvalue weighted by molar-refractivity contribution is 0.473. The first-order valence-electron chi connectivity index (χ1n) is 8.66. The number of hydrogen-bond acceptors (Lipinski definition) is 3. The van der Waals surface area contributed by atoms with Gasteiger partial charge in [-0.2, -0.15) is 0 Å². The molecule has 1 unspecified atom stereocenters. The number of aryl methyl sites for hydroxylation is 3. The van der Waals surface area contributed by atoms with E-state index < -0.39 is 0 Å². The summed E-state index contributed by atoms with van der Waals surface area (Å²) < 4.78 is 5.29. The molecule has 0 saturated heterocycles. The molecule has 0 aliphatic heterocycles. The molecule has 2 aromatic carbocycles. The van der Waals surface area contributed by atoms with Crippen molar-refractivity contribution in [3.63, 3.8) is 0 Å². The lowest BCUT2D eigenvalue weighted by Crippen LogP contribution is -1.89. The molecule has 0 aromatic heterocycles. The van der Waals surface area contributed by atoms with Crippen molar-refractivity contribution in [2.24, 2.45) is 0 Å². The molecule has 0 bridgehead atoms. The molecular formula is C22H29O2PS. The van der Waals surface area contributed by atoms with Crippen molar-refractivity contribution < 1.29 is 9.63 Å². The molecule has 0 spiro atoms. The Hall–Kier alpha value is -1.70. The third-order valence-electron chi connectivity index (χ3n) is 3.56. The highest BCUT2D eigenvalue weighted by atomic mass is 32.2. The predicted molar refractivity (Wildman–Crippen MR) is 118 cm³/mol. The summed E-state index contributed by atoms with van der Waals surface area (Å²) in [7, 11) is 2.29.